The summed E-state index contributed by atoms with van der Waals surface area (Å²) in [5.74, 6) is 0.624. The van der Waals surface area contributed by atoms with Crippen molar-refractivity contribution in [1.29, 1.82) is 0 Å². The van der Waals surface area contributed by atoms with Gasteiger partial charge in [-0.25, -0.2) is 4.79 Å². The molecule has 8 heteroatoms. The van der Waals surface area contributed by atoms with Crippen molar-refractivity contribution in [3.05, 3.63) is 71.9 Å². The number of likely N-dealkylation sites (N-methyl/N-ethyl adjacent to an activating group) is 1. The van der Waals surface area contributed by atoms with E-state index in [1.807, 2.05) is 43.1 Å². The van der Waals surface area contributed by atoms with Crippen LogP contribution in [0.5, 0.6) is 11.5 Å². The van der Waals surface area contributed by atoms with E-state index >= 15 is 0 Å². The van der Waals surface area contributed by atoms with Crippen LogP contribution in [-0.2, 0) is 11.2 Å². The molecule has 2 aliphatic rings. The number of nitrogens with one attached hydrogen (secondary N) is 1. The Balaban J connectivity index is 1.65. The van der Waals surface area contributed by atoms with Gasteiger partial charge in [0.15, 0.2) is 0 Å². The summed E-state index contributed by atoms with van der Waals surface area (Å²) in [5, 5.41) is 11.2. The maximum absolute atomic E-state index is 13.8. The molecule has 35 heavy (non-hydrogen) atoms. The van der Waals surface area contributed by atoms with E-state index in [-0.39, 0.29) is 17.7 Å². The van der Waals surface area contributed by atoms with Crippen molar-refractivity contribution < 1.29 is 19.4 Å². The average Bonchev–Trinajstić information content (AvgIpc) is 3.28. The van der Waals surface area contributed by atoms with Crippen LogP contribution in [0.2, 0.25) is 0 Å². The van der Waals surface area contributed by atoms with E-state index in [1.54, 1.807) is 36.3 Å². The van der Waals surface area contributed by atoms with Crippen molar-refractivity contribution in [2.75, 3.05) is 33.8 Å². The number of aromatic nitrogens is 1. The second-order valence-electron chi connectivity index (χ2n) is 9.54. The number of aromatic hydroxyl groups is 1. The lowest BCUT2D eigenvalue weighted by atomic mass is 9.81. The van der Waals surface area contributed by atoms with Crippen LogP contribution < -0.4 is 4.74 Å². The monoisotopic (exact) mass is 474 g/mol. The van der Waals surface area contributed by atoms with Gasteiger partial charge in [0.1, 0.15) is 23.1 Å². The average molecular weight is 475 g/mol. The second-order valence-corrected chi connectivity index (χ2v) is 9.54. The fourth-order valence-electron chi connectivity index (χ4n) is 5.44. The number of ether oxygens (including phenoxy) is 1. The highest BCUT2D eigenvalue weighted by Gasteiger charge is 2.60. The number of benzene rings is 2. The number of phenolic OH excluding ortho intramolecular Hbond substituents is 1. The van der Waals surface area contributed by atoms with Gasteiger partial charge < -0.3 is 19.7 Å². The Morgan fingerprint density at radius 3 is 2.80 bits per heavy atom. The van der Waals surface area contributed by atoms with Gasteiger partial charge in [0.05, 0.1) is 7.11 Å². The van der Waals surface area contributed by atoms with Crippen LogP contribution in [-0.4, -0.2) is 76.1 Å². The SMILES string of the molecule is C=CCN(C)CCN1C(=O)N2C(c3cccc(O)c3)c3[nH]c4ccc(OC)cc4c3C[C@@]2(C)C1=O. The largest absolute Gasteiger partial charge is 0.508 e. The standard InChI is InChI=1S/C27H30N4O4/c1-5-11-29(3)12-13-30-25(33)27(2)16-21-20-15-19(35-4)9-10-22(20)28-23(21)24(31(27)26(30)34)17-7-6-8-18(32)14-17/h5-10,14-15,24,28,32H,1,11-13,16H2,2-4H3/t24?,27-/m0/s1. The van der Waals surface area contributed by atoms with Gasteiger partial charge in [-0.3, -0.25) is 14.6 Å². The molecule has 5 rings (SSSR count). The molecule has 0 aliphatic carbocycles. The molecule has 0 radical (unpaired) electrons. The van der Waals surface area contributed by atoms with Gasteiger partial charge >= 0.3 is 6.03 Å². The lowest BCUT2D eigenvalue weighted by molar-refractivity contribution is -0.133. The zero-order chi connectivity index (χ0) is 24.9. The number of nitrogens with zero attached hydrogens (tertiary/aromatic N) is 3. The maximum atomic E-state index is 13.8. The van der Waals surface area contributed by atoms with Gasteiger partial charge in [-0.05, 0) is 55.4 Å². The third kappa shape index (κ3) is 3.56. The van der Waals surface area contributed by atoms with E-state index in [2.05, 4.69) is 11.6 Å². The number of carbonyl (C=O) groups excluding carboxylic acids is 2. The number of carbonyl (C=O) groups is 2. The molecule has 0 bridgehead atoms. The molecular formula is C27H30N4O4. The minimum Gasteiger partial charge on any atom is -0.508 e. The Morgan fingerprint density at radius 2 is 2.09 bits per heavy atom. The van der Waals surface area contributed by atoms with Crippen LogP contribution >= 0.6 is 0 Å². The molecule has 2 aliphatic heterocycles. The fourth-order valence-corrected chi connectivity index (χ4v) is 5.44. The molecule has 2 aromatic carbocycles. The summed E-state index contributed by atoms with van der Waals surface area (Å²) in [4.78, 5) is 36.2. The summed E-state index contributed by atoms with van der Waals surface area (Å²) in [6, 6.07) is 11.8. The van der Waals surface area contributed by atoms with Crippen molar-refractivity contribution in [1.82, 2.24) is 19.7 Å². The Labute approximate surface area is 204 Å². The van der Waals surface area contributed by atoms with Gasteiger partial charge in [-0.15, -0.1) is 6.58 Å². The van der Waals surface area contributed by atoms with Crippen molar-refractivity contribution in [3.8, 4) is 11.5 Å². The first-order valence-corrected chi connectivity index (χ1v) is 11.7. The Morgan fingerprint density at radius 1 is 1.29 bits per heavy atom. The highest BCUT2D eigenvalue weighted by atomic mass is 16.5. The van der Waals surface area contributed by atoms with E-state index < -0.39 is 11.6 Å². The fraction of sp³-hybridized carbons (Fsp3) is 0.333. The van der Waals surface area contributed by atoms with Crippen LogP contribution in [0.4, 0.5) is 4.79 Å². The molecule has 2 atom stereocenters. The minimum absolute atomic E-state index is 0.106. The number of urea groups is 1. The number of rotatable bonds is 7. The number of hydrogen-bond donors (Lipinski definition) is 2. The van der Waals surface area contributed by atoms with E-state index in [0.29, 0.717) is 26.1 Å². The molecule has 182 valence electrons. The summed E-state index contributed by atoms with van der Waals surface area (Å²) >= 11 is 0. The molecule has 8 nitrogen and oxygen atoms in total. The summed E-state index contributed by atoms with van der Waals surface area (Å²) in [7, 11) is 3.56. The molecule has 3 amide bonds. The summed E-state index contributed by atoms with van der Waals surface area (Å²) < 4.78 is 5.45. The second kappa shape index (κ2) is 8.46. The zero-order valence-corrected chi connectivity index (χ0v) is 20.2. The van der Waals surface area contributed by atoms with Crippen molar-refractivity contribution >= 4 is 22.8 Å². The normalized spacial score (nSPS) is 21.5. The van der Waals surface area contributed by atoms with Crippen LogP contribution in [0.1, 0.15) is 29.8 Å². The number of fused-ring (bicyclic) bond motifs is 4. The third-order valence-electron chi connectivity index (χ3n) is 7.21. The van der Waals surface area contributed by atoms with E-state index in [4.69, 9.17) is 4.74 Å². The van der Waals surface area contributed by atoms with Crippen molar-refractivity contribution in [3.63, 3.8) is 0 Å². The molecular weight excluding hydrogens is 444 g/mol. The molecule has 1 fully saturated rings. The first-order valence-electron chi connectivity index (χ1n) is 11.7. The molecule has 3 aromatic rings. The predicted molar refractivity (Wildman–Crippen MR) is 134 cm³/mol. The van der Waals surface area contributed by atoms with Gasteiger partial charge in [0, 0.05) is 42.7 Å². The molecule has 3 heterocycles. The maximum Gasteiger partial charge on any atom is 0.328 e. The van der Waals surface area contributed by atoms with Gasteiger partial charge in [0.25, 0.3) is 5.91 Å². The molecule has 0 saturated carbocycles. The van der Waals surface area contributed by atoms with E-state index in [1.165, 1.54) is 4.90 Å². The highest BCUT2D eigenvalue weighted by Crippen LogP contribution is 2.49. The zero-order valence-electron chi connectivity index (χ0n) is 20.2. The van der Waals surface area contributed by atoms with Gasteiger partial charge in [0.2, 0.25) is 0 Å². The van der Waals surface area contributed by atoms with Crippen molar-refractivity contribution in [2.45, 2.75) is 24.9 Å². The summed E-state index contributed by atoms with van der Waals surface area (Å²) in [6.07, 6.45) is 2.18. The first-order chi connectivity index (χ1) is 16.8. The molecule has 1 saturated heterocycles. The smallest absolute Gasteiger partial charge is 0.328 e. The van der Waals surface area contributed by atoms with Crippen LogP contribution in [0.15, 0.2) is 55.1 Å². The quantitative estimate of drug-likeness (QED) is 0.403. The van der Waals surface area contributed by atoms with Crippen LogP contribution in [0.3, 0.4) is 0 Å². The van der Waals surface area contributed by atoms with Crippen LogP contribution in [0, 0.1) is 0 Å². The number of H-pyrrole nitrogens is 1. The number of imide groups is 1. The number of aromatic amines is 1. The number of methoxy groups -OCH3 is 1. The van der Waals surface area contributed by atoms with E-state index in [9.17, 15) is 14.7 Å². The van der Waals surface area contributed by atoms with Gasteiger partial charge in [-0.1, -0.05) is 18.2 Å². The summed E-state index contributed by atoms with van der Waals surface area (Å²) in [6.45, 7) is 7.11. The Kier molecular flexibility index (Phi) is 5.56. The number of phenols is 1. The molecule has 2 N–H and O–H groups in total. The first kappa shape index (κ1) is 23.0. The topological polar surface area (TPSA) is 89.1 Å². The lowest BCUT2D eigenvalue weighted by Gasteiger charge is -2.42. The third-order valence-corrected chi connectivity index (χ3v) is 7.21. The molecule has 1 unspecified atom stereocenters. The van der Waals surface area contributed by atoms with Crippen molar-refractivity contribution in [2.24, 2.45) is 0 Å². The van der Waals surface area contributed by atoms with E-state index in [0.717, 1.165) is 33.5 Å². The highest BCUT2D eigenvalue weighted by molar-refractivity contribution is 6.08. The molecule has 1 aromatic heterocycles. The Hall–Kier alpha value is -3.78. The number of hydrogen-bond acceptors (Lipinski definition) is 5. The number of amides is 3. The molecule has 0 spiro atoms. The predicted octanol–water partition coefficient (Wildman–Crippen LogP) is 3.67. The minimum atomic E-state index is -1.06. The van der Waals surface area contributed by atoms with Gasteiger partial charge in [-0.2, -0.15) is 0 Å². The van der Waals surface area contributed by atoms with Crippen LogP contribution in [0.25, 0.3) is 10.9 Å². The lowest BCUT2D eigenvalue weighted by Crippen LogP contribution is -2.53. The Bertz CT molecular complexity index is 1330. The summed E-state index contributed by atoms with van der Waals surface area (Å²) in [5.41, 5.74) is 2.42.